The number of aromatic nitrogens is 3. The van der Waals surface area contributed by atoms with E-state index in [0.29, 0.717) is 24.1 Å². The summed E-state index contributed by atoms with van der Waals surface area (Å²) in [4.78, 5) is 27.7. The van der Waals surface area contributed by atoms with Gasteiger partial charge < -0.3 is 19.9 Å². The first-order valence-electron chi connectivity index (χ1n) is 9.80. The zero-order chi connectivity index (χ0) is 19.3. The van der Waals surface area contributed by atoms with Crippen LogP contribution in [-0.2, 0) is 4.74 Å². The van der Waals surface area contributed by atoms with E-state index < -0.39 is 0 Å². The molecule has 2 aromatic rings. The maximum atomic E-state index is 12.5. The van der Waals surface area contributed by atoms with Crippen molar-refractivity contribution in [1.82, 2.24) is 20.3 Å². The largest absolute Gasteiger partial charge is 0.369 e. The van der Waals surface area contributed by atoms with E-state index in [-0.39, 0.29) is 17.6 Å². The summed E-state index contributed by atoms with van der Waals surface area (Å²) in [6.07, 6.45) is 7.99. The second kappa shape index (κ2) is 6.77. The van der Waals surface area contributed by atoms with Crippen LogP contribution in [0, 0.1) is 18.8 Å². The number of hydrogen-bond acceptors (Lipinski definition) is 6. The predicted molar refractivity (Wildman–Crippen MR) is 108 cm³/mol. The van der Waals surface area contributed by atoms with Crippen LogP contribution in [0.1, 0.15) is 29.0 Å². The van der Waals surface area contributed by atoms with Gasteiger partial charge in [0.15, 0.2) is 0 Å². The van der Waals surface area contributed by atoms with Gasteiger partial charge in [0, 0.05) is 48.3 Å². The molecule has 3 aliphatic rings. The molecule has 5 heterocycles. The van der Waals surface area contributed by atoms with Crippen molar-refractivity contribution >= 4 is 23.5 Å². The first-order valence-corrected chi connectivity index (χ1v) is 11.0. The zero-order valence-corrected chi connectivity index (χ0v) is 17.0. The highest BCUT2D eigenvalue weighted by molar-refractivity contribution is 7.98. The number of carbonyl (C=O) groups is 1. The number of anilines is 1. The Kier molecular flexibility index (Phi) is 4.35. The van der Waals surface area contributed by atoms with E-state index in [1.807, 2.05) is 13.1 Å². The van der Waals surface area contributed by atoms with Gasteiger partial charge in [0.1, 0.15) is 11.5 Å². The molecular formula is C20H25N5O2S. The lowest BCUT2D eigenvalue weighted by molar-refractivity contribution is 0.0141. The normalized spacial score (nSPS) is 30.6. The Bertz CT molecular complexity index is 885. The van der Waals surface area contributed by atoms with Crippen molar-refractivity contribution in [1.29, 1.82) is 0 Å². The fourth-order valence-electron chi connectivity index (χ4n) is 5.20. The number of thioether (sulfide) groups is 1. The van der Waals surface area contributed by atoms with E-state index in [4.69, 9.17) is 4.74 Å². The number of nitrogens with zero attached hydrogens (tertiary/aromatic N) is 3. The summed E-state index contributed by atoms with van der Waals surface area (Å²) in [5.41, 5.74) is 1.19. The summed E-state index contributed by atoms with van der Waals surface area (Å²) in [6, 6.07) is 4.23. The first-order chi connectivity index (χ1) is 13.6. The molecule has 2 aromatic heterocycles. The van der Waals surface area contributed by atoms with Crippen molar-refractivity contribution in [3.63, 3.8) is 0 Å². The number of rotatable bonds is 5. The van der Waals surface area contributed by atoms with Crippen LogP contribution in [-0.4, -0.2) is 58.5 Å². The quantitative estimate of drug-likeness (QED) is 0.751. The van der Waals surface area contributed by atoms with Crippen LogP contribution in [0.3, 0.4) is 0 Å². The third-order valence-electron chi connectivity index (χ3n) is 6.61. The monoisotopic (exact) mass is 399 g/mol. The SMILES string of the molecule is CSc1ccc(N2C[C@@H]3[C@H](CNC(=O)c4nc[nH]c4C)[C@H]4CC[C@]3(C2)O4)nc1. The van der Waals surface area contributed by atoms with E-state index in [2.05, 4.69) is 43.6 Å². The molecule has 2 bridgehead atoms. The van der Waals surface area contributed by atoms with E-state index in [1.165, 1.54) is 4.90 Å². The second-order valence-electron chi connectivity index (χ2n) is 8.05. The molecule has 8 heteroatoms. The van der Waals surface area contributed by atoms with Gasteiger partial charge in [-0.25, -0.2) is 9.97 Å². The number of hydrogen-bond donors (Lipinski definition) is 2. The zero-order valence-electron chi connectivity index (χ0n) is 16.1. The number of H-pyrrole nitrogens is 1. The smallest absolute Gasteiger partial charge is 0.271 e. The van der Waals surface area contributed by atoms with Crippen molar-refractivity contribution in [3.8, 4) is 0 Å². The Hall–Kier alpha value is -2.06. The summed E-state index contributed by atoms with van der Waals surface area (Å²) in [5, 5.41) is 3.09. The standard InChI is InChI=1S/C20H25N5O2S/c1-12-18(24-11-23-12)19(26)22-8-14-15-9-25(10-20(15)6-5-16(14)27-20)17-4-3-13(28-2)7-21-17/h3-4,7,11,14-16H,5-6,8-10H2,1-2H3,(H,22,26)(H,23,24)/t14-,15+,16+,20+/m0/s1. The Morgan fingerprint density at radius 3 is 3.07 bits per heavy atom. The number of pyridine rings is 1. The van der Waals surface area contributed by atoms with Crippen molar-refractivity contribution < 1.29 is 9.53 Å². The fourth-order valence-corrected chi connectivity index (χ4v) is 5.56. The summed E-state index contributed by atoms with van der Waals surface area (Å²) in [5.74, 6) is 1.67. The number of ether oxygens (including phenoxy) is 1. The highest BCUT2D eigenvalue weighted by Gasteiger charge is 2.63. The Morgan fingerprint density at radius 2 is 2.36 bits per heavy atom. The predicted octanol–water partition coefficient (Wildman–Crippen LogP) is 2.25. The minimum absolute atomic E-state index is 0.0812. The molecule has 0 aromatic carbocycles. The van der Waals surface area contributed by atoms with Gasteiger partial charge in [-0.15, -0.1) is 11.8 Å². The van der Waals surface area contributed by atoms with Gasteiger partial charge in [-0.2, -0.15) is 0 Å². The van der Waals surface area contributed by atoms with Crippen LogP contribution < -0.4 is 10.2 Å². The van der Waals surface area contributed by atoms with E-state index >= 15 is 0 Å². The highest BCUT2D eigenvalue weighted by atomic mass is 32.2. The molecule has 3 aliphatic heterocycles. The molecule has 7 nitrogen and oxygen atoms in total. The van der Waals surface area contributed by atoms with Crippen LogP contribution in [0.2, 0.25) is 0 Å². The van der Waals surface area contributed by atoms with Gasteiger partial charge in [-0.05, 0) is 38.2 Å². The second-order valence-corrected chi connectivity index (χ2v) is 8.93. The number of carbonyl (C=O) groups excluding carboxylic acids is 1. The minimum Gasteiger partial charge on any atom is -0.369 e. The third kappa shape index (κ3) is 2.81. The number of aryl methyl sites for hydroxylation is 1. The molecule has 1 amide bonds. The van der Waals surface area contributed by atoms with E-state index in [0.717, 1.165) is 37.4 Å². The molecular weight excluding hydrogens is 374 g/mol. The number of amides is 1. The van der Waals surface area contributed by atoms with Crippen LogP contribution >= 0.6 is 11.8 Å². The van der Waals surface area contributed by atoms with Gasteiger partial charge in [-0.1, -0.05) is 0 Å². The van der Waals surface area contributed by atoms with Crippen LogP contribution in [0.4, 0.5) is 5.82 Å². The molecule has 0 radical (unpaired) electrons. The third-order valence-corrected chi connectivity index (χ3v) is 7.32. The summed E-state index contributed by atoms with van der Waals surface area (Å²) in [7, 11) is 0. The highest BCUT2D eigenvalue weighted by Crippen LogP contribution is 2.55. The lowest BCUT2D eigenvalue weighted by Gasteiger charge is -2.29. The number of fused-ring (bicyclic) bond motifs is 1. The Morgan fingerprint density at radius 1 is 1.46 bits per heavy atom. The number of imidazole rings is 1. The van der Waals surface area contributed by atoms with Crippen LogP contribution in [0.25, 0.3) is 0 Å². The summed E-state index contributed by atoms with van der Waals surface area (Å²) < 4.78 is 6.49. The van der Waals surface area contributed by atoms with Gasteiger partial charge >= 0.3 is 0 Å². The average Bonchev–Trinajstić information content (AvgIpc) is 3.46. The number of nitrogens with one attached hydrogen (secondary N) is 2. The molecule has 148 valence electrons. The topological polar surface area (TPSA) is 83.1 Å². The van der Waals surface area contributed by atoms with Gasteiger partial charge in [0.2, 0.25) is 0 Å². The number of aromatic amines is 1. The van der Waals surface area contributed by atoms with Crippen LogP contribution in [0.15, 0.2) is 29.6 Å². The maximum Gasteiger partial charge on any atom is 0.271 e. The van der Waals surface area contributed by atoms with E-state index in [9.17, 15) is 4.79 Å². The van der Waals surface area contributed by atoms with Crippen molar-refractivity contribution in [3.05, 3.63) is 36.0 Å². The summed E-state index contributed by atoms with van der Waals surface area (Å²) >= 11 is 1.70. The summed E-state index contributed by atoms with van der Waals surface area (Å²) in [6.45, 7) is 4.32. The fraction of sp³-hybridized carbons (Fsp3) is 0.550. The van der Waals surface area contributed by atoms with Crippen molar-refractivity contribution in [2.45, 2.75) is 36.4 Å². The van der Waals surface area contributed by atoms with Crippen molar-refractivity contribution in [2.24, 2.45) is 11.8 Å². The molecule has 4 atom stereocenters. The molecule has 0 unspecified atom stereocenters. The van der Waals surface area contributed by atoms with Gasteiger partial charge in [0.05, 0.1) is 18.0 Å². The Labute approximate surface area is 168 Å². The molecule has 1 spiro atoms. The molecule has 5 rings (SSSR count). The van der Waals surface area contributed by atoms with Crippen molar-refractivity contribution in [2.75, 3.05) is 30.8 Å². The molecule has 28 heavy (non-hydrogen) atoms. The maximum absolute atomic E-state index is 12.5. The molecule has 3 saturated heterocycles. The van der Waals surface area contributed by atoms with Crippen LogP contribution in [0.5, 0.6) is 0 Å². The Balaban J connectivity index is 1.29. The average molecular weight is 400 g/mol. The molecule has 0 saturated carbocycles. The van der Waals surface area contributed by atoms with Gasteiger partial charge in [-0.3, -0.25) is 4.79 Å². The first kappa shape index (κ1) is 18.0. The van der Waals surface area contributed by atoms with E-state index in [1.54, 1.807) is 18.1 Å². The lowest BCUT2D eigenvalue weighted by Crippen LogP contribution is -2.42. The lowest BCUT2D eigenvalue weighted by atomic mass is 9.73. The molecule has 2 N–H and O–H groups in total. The molecule has 0 aliphatic carbocycles. The minimum atomic E-state index is -0.111. The van der Waals surface area contributed by atoms with Gasteiger partial charge in [0.25, 0.3) is 5.91 Å². The molecule has 3 fully saturated rings.